The molecule has 2 aromatic rings. The van der Waals surface area contributed by atoms with E-state index in [2.05, 4.69) is 13.8 Å². The van der Waals surface area contributed by atoms with Gasteiger partial charge in [0.2, 0.25) is 0 Å². The average molecular weight is 469 g/mol. The van der Waals surface area contributed by atoms with Gasteiger partial charge in [0, 0.05) is 5.41 Å². The van der Waals surface area contributed by atoms with E-state index in [1.807, 2.05) is 51.1 Å². The molecule has 0 bridgehead atoms. The van der Waals surface area contributed by atoms with Crippen molar-refractivity contribution in [3.05, 3.63) is 58.6 Å². The number of hydrogen-bond donors (Lipinski definition) is 1. The second kappa shape index (κ2) is 9.80. The summed E-state index contributed by atoms with van der Waals surface area (Å²) in [4.78, 5) is 0. The fraction of sp³-hybridized carbons (Fsp3) is 0.500. The maximum absolute atomic E-state index is 11.4. The monoisotopic (exact) mass is 468 g/mol. The topological polar surface area (TPSA) is 72.8 Å². The van der Waals surface area contributed by atoms with Crippen molar-refractivity contribution >= 4 is 21.7 Å². The van der Waals surface area contributed by atoms with Gasteiger partial charge in [-0.2, -0.15) is 8.42 Å². The molecule has 2 rings (SSSR count). The fourth-order valence-corrected chi connectivity index (χ4v) is 4.27. The number of benzene rings is 2. The van der Waals surface area contributed by atoms with Crippen molar-refractivity contribution in [1.29, 1.82) is 0 Å². The maximum Gasteiger partial charge on any atom is 0.306 e. The molecule has 1 unspecified atom stereocenters. The molecule has 0 saturated heterocycles. The van der Waals surface area contributed by atoms with Gasteiger partial charge >= 0.3 is 10.1 Å². The van der Waals surface area contributed by atoms with Crippen molar-refractivity contribution in [2.45, 2.75) is 59.0 Å². The summed E-state index contributed by atoms with van der Waals surface area (Å²) in [6.45, 7) is 10.3. The molecule has 0 spiro atoms. The van der Waals surface area contributed by atoms with E-state index in [1.165, 1.54) is 0 Å². The normalized spacial score (nSPS) is 13.7. The molecule has 0 saturated carbocycles. The molecule has 0 aliphatic heterocycles. The molecule has 0 heterocycles. The molecular formula is C24H33ClO5S. The van der Waals surface area contributed by atoms with Gasteiger partial charge in [0.1, 0.15) is 18.1 Å². The van der Waals surface area contributed by atoms with Gasteiger partial charge in [-0.05, 0) is 53.6 Å². The third-order valence-corrected chi connectivity index (χ3v) is 6.53. The second-order valence-electron chi connectivity index (χ2n) is 8.94. The highest BCUT2D eigenvalue weighted by Gasteiger charge is 2.31. The van der Waals surface area contributed by atoms with Gasteiger partial charge in [0.15, 0.2) is 0 Å². The first-order chi connectivity index (χ1) is 14.3. The smallest absolute Gasteiger partial charge is 0.306 e. The third kappa shape index (κ3) is 6.37. The number of rotatable bonds is 9. The van der Waals surface area contributed by atoms with Crippen molar-refractivity contribution in [2.75, 3.05) is 12.9 Å². The highest BCUT2D eigenvalue weighted by molar-refractivity contribution is 7.86. The number of halogens is 1. The molecule has 0 fully saturated rings. The number of aliphatic hydroxyl groups excluding tert-OH is 1. The van der Waals surface area contributed by atoms with Crippen LogP contribution in [0.15, 0.2) is 42.5 Å². The predicted molar refractivity (Wildman–Crippen MR) is 126 cm³/mol. The zero-order valence-corrected chi connectivity index (χ0v) is 20.7. The molecule has 5 nitrogen and oxygen atoms in total. The Morgan fingerprint density at radius 1 is 1.00 bits per heavy atom. The number of ether oxygens (including phenoxy) is 1. The number of aliphatic hydroxyl groups is 1. The van der Waals surface area contributed by atoms with Gasteiger partial charge in [-0.15, -0.1) is 0 Å². The third-order valence-electron chi connectivity index (χ3n) is 5.74. The van der Waals surface area contributed by atoms with Crippen LogP contribution in [0.1, 0.15) is 58.6 Å². The van der Waals surface area contributed by atoms with Gasteiger partial charge in [-0.25, -0.2) is 0 Å². The summed E-state index contributed by atoms with van der Waals surface area (Å²) in [5.41, 5.74) is 1.52. The number of hydrogen-bond acceptors (Lipinski definition) is 5. The Labute approximate surface area is 191 Å². The van der Waals surface area contributed by atoms with Crippen LogP contribution in [0.4, 0.5) is 0 Å². The zero-order valence-electron chi connectivity index (χ0n) is 19.1. The van der Waals surface area contributed by atoms with Crippen LogP contribution in [-0.2, 0) is 15.5 Å². The first kappa shape index (κ1) is 25.5. The van der Waals surface area contributed by atoms with E-state index < -0.39 is 16.2 Å². The van der Waals surface area contributed by atoms with Gasteiger partial charge < -0.3 is 14.0 Å². The van der Waals surface area contributed by atoms with E-state index in [9.17, 15) is 13.5 Å². The zero-order chi connectivity index (χ0) is 23.4. The molecule has 172 valence electrons. The van der Waals surface area contributed by atoms with Gasteiger partial charge in [-0.1, -0.05) is 64.4 Å². The van der Waals surface area contributed by atoms with Gasteiger partial charge in [0.25, 0.3) is 0 Å². The standard InChI is InChI=1S/C24H33ClO5S/c1-7-24(8-2,17-9-12-19(13-10-17)30-31(6,27)28)18-11-14-21(20(25)15-18)29-16-22(26)23(3,4)5/h9-15,22,26H,7-8,16H2,1-6H3. The minimum absolute atomic E-state index is 0.164. The van der Waals surface area contributed by atoms with Crippen LogP contribution in [0.5, 0.6) is 11.5 Å². The lowest BCUT2D eigenvalue weighted by molar-refractivity contribution is 0.0218. The van der Waals surface area contributed by atoms with E-state index in [-0.39, 0.29) is 23.2 Å². The van der Waals surface area contributed by atoms with Crippen LogP contribution in [-0.4, -0.2) is 32.5 Å². The van der Waals surface area contributed by atoms with Crippen LogP contribution in [0.2, 0.25) is 5.02 Å². The Morgan fingerprint density at radius 2 is 1.55 bits per heavy atom. The van der Waals surface area contributed by atoms with Crippen LogP contribution < -0.4 is 8.92 Å². The van der Waals surface area contributed by atoms with E-state index >= 15 is 0 Å². The molecule has 0 aliphatic rings. The van der Waals surface area contributed by atoms with Crippen molar-refractivity contribution in [3.8, 4) is 11.5 Å². The van der Waals surface area contributed by atoms with E-state index in [0.29, 0.717) is 10.8 Å². The summed E-state index contributed by atoms with van der Waals surface area (Å²) in [6.07, 6.45) is 2.07. The molecule has 0 aromatic heterocycles. The maximum atomic E-state index is 11.4. The summed E-state index contributed by atoms with van der Waals surface area (Å²) in [7, 11) is -3.57. The molecule has 0 radical (unpaired) electrons. The first-order valence-electron chi connectivity index (χ1n) is 10.4. The molecule has 0 amide bonds. The SMILES string of the molecule is CCC(CC)(c1ccc(OS(C)(=O)=O)cc1)c1ccc(OCC(O)C(C)(C)C)c(Cl)c1. The molecule has 1 N–H and O–H groups in total. The Kier molecular flexibility index (Phi) is 8.06. The Morgan fingerprint density at radius 3 is 2.00 bits per heavy atom. The first-order valence-corrected chi connectivity index (χ1v) is 12.6. The van der Waals surface area contributed by atoms with Gasteiger partial charge in [-0.3, -0.25) is 0 Å². The van der Waals surface area contributed by atoms with Crippen LogP contribution in [0.25, 0.3) is 0 Å². The van der Waals surface area contributed by atoms with E-state index in [1.54, 1.807) is 12.1 Å². The molecule has 7 heteroatoms. The van der Waals surface area contributed by atoms with E-state index in [4.69, 9.17) is 20.5 Å². The van der Waals surface area contributed by atoms with Crippen LogP contribution >= 0.6 is 11.6 Å². The lowest BCUT2D eigenvalue weighted by Crippen LogP contribution is -2.32. The summed E-state index contributed by atoms with van der Waals surface area (Å²) in [5.74, 6) is 0.818. The quantitative estimate of drug-likeness (QED) is 0.487. The Bertz CT molecular complexity index is 974. The average Bonchev–Trinajstić information content (AvgIpc) is 2.67. The minimum Gasteiger partial charge on any atom is -0.489 e. The molecule has 2 aromatic carbocycles. The van der Waals surface area contributed by atoms with Crippen molar-refractivity contribution in [2.24, 2.45) is 5.41 Å². The highest BCUT2D eigenvalue weighted by Crippen LogP contribution is 2.42. The Balaban J connectivity index is 2.33. The minimum atomic E-state index is -3.57. The summed E-state index contributed by atoms with van der Waals surface area (Å²) >= 11 is 6.54. The largest absolute Gasteiger partial charge is 0.489 e. The molecule has 31 heavy (non-hydrogen) atoms. The van der Waals surface area contributed by atoms with Gasteiger partial charge in [0.05, 0.1) is 17.4 Å². The molecule has 1 atom stereocenters. The van der Waals surface area contributed by atoms with Crippen molar-refractivity contribution in [3.63, 3.8) is 0 Å². The lowest BCUT2D eigenvalue weighted by Gasteiger charge is -2.34. The molecular weight excluding hydrogens is 436 g/mol. The fourth-order valence-electron chi connectivity index (χ4n) is 3.57. The molecule has 0 aliphatic carbocycles. The van der Waals surface area contributed by atoms with Crippen LogP contribution in [0, 0.1) is 5.41 Å². The summed E-state index contributed by atoms with van der Waals surface area (Å²) in [6, 6.07) is 12.9. The van der Waals surface area contributed by atoms with Crippen molar-refractivity contribution in [1.82, 2.24) is 0 Å². The predicted octanol–water partition coefficient (Wildman–Crippen LogP) is 5.57. The Hall–Kier alpha value is -1.76. The van der Waals surface area contributed by atoms with E-state index in [0.717, 1.165) is 30.2 Å². The lowest BCUT2D eigenvalue weighted by atomic mass is 9.70. The van der Waals surface area contributed by atoms with Crippen molar-refractivity contribution < 1.29 is 22.4 Å². The summed E-state index contributed by atoms with van der Waals surface area (Å²) < 4.78 is 33.5. The highest BCUT2D eigenvalue weighted by atomic mass is 35.5. The summed E-state index contributed by atoms with van der Waals surface area (Å²) in [5, 5.41) is 10.7. The van der Waals surface area contributed by atoms with Crippen LogP contribution in [0.3, 0.4) is 0 Å². The second-order valence-corrected chi connectivity index (χ2v) is 10.9.